The third-order valence-electron chi connectivity index (χ3n) is 5.08. The van der Waals surface area contributed by atoms with Crippen molar-refractivity contribution in [2.75, 3.05) is 42.5 Å². The minimum atomic E-state index is -0.142. The Balaban J connectivity index is 1.61. The fraction of sp³-hybridized carbons (Fsp3) is 0.381. The van der Waals surface area contributed by atoms with Crippen molar-refractivity contribution in [3.63, 3.8) is 0 Å². The van der Waals surface area contributed by atoms with Gasteiger partial charge in [-0.2, -0.15) is 0 Å². The molecule has 1 saturated heterocycles. The lowest BCUT2D eigenvalue weighted by atomic mass is 10.1. The SMILES string of the molecule is CCN(C(=O)[C@@H](C)N1CCN(c2ccc(O)cc2)CC1)c1ccccc1. The first kappa shape index (κ1) is 18.3. The number of carbonyl (C=O) groups excluding carboxylic acids is 1. The number of likely N-dealkylation sites (N-methyl/N-ethyl adjacent to an activating group) is 1. The van der Waals surface area contributed by atoms with Crippen LogP contribution in [-0.4, -0.2) is 54.7 Å². The van der Waals surface area contributed by atoms with E-state index in [1.807, 2.05) is 61.2 Å². The number of hydrogen-bond acceptors (Lipinski definition) is 4. The van der Waals surface area contributed by atoms with Crippen LogP contribution in [0.25, 0.3) is 0 Å². The molecule has 2 aromatic rings. The normalized spacial score (nSPS) is 16.3. The van der Waals surface area contributed by atoms with E-state index in [2.05, 4.69) is 9.80 Å². The van der Waals surface area contributed by atoms with Crippen LogP contribution >= 0.6 is 0 Å². The van der Waals surface area contributed by atoms with Gasteiger partial charge in [0.15, 0.2) is 0 Å². The Morgan fingerprint density at radius 3 is 2.23 bits per heavy atom. The number of anilines is 2. The molecule has 1 aliphatic rings. The van der Waals surface area contributed by atoms with Crippen LogP contribution in [0.4, 0.5) is 11.4 Å². The van der Waals surface area contributed by atoms with Crippen LogP contribution in [0.1, 0.15) is 13.8 Å². The molecule has 2 aromatic carbocycles. The van der Waals surface area contributed by atoms with E-state index < -0.39 is 0 Å². The minimum Gasteiger partial charge on any atom is -0.508 e. The predicted molar refractivity (Wildman–Crippen MR) is 106 cm³/mol. The molecule has 1 fully saturated rings. The summed E-state index contributed by atoms with van der Waals surface area (Å²) in [5.41, 5.74) is 2.07. The summed E-state index contributed by atoms with van der Waals surface area (Å²) in [6.45, 7) is 8.13. The van der Waals surface area contributed by atoms with E-state index in [1.54, 1.807) is 12.1 Å². The highest BCUT2D eigenvalue weighted by Crippen LogP contribution is 2.21. The highest BCUT2D eigenvalue weighted by molar-refractivity contribution is 5.96. The van der Waals surface area contributed by atoms with Crippen LogP contribution in [0.5, 0.6) is 5.75 Å². The van der Waals surface area contributed by atoms with Gasteiger partial charge in [0.2, 0.25) is 5.91 Å². The minimum absolute atomic E-state index is 0.142. The zero-order valence-electron chi connectivity index (χ0n) is 15.5. The molecule has 1 heterocycles. The summed E-state index contributed by atoms with van der Waals surface area (Å²) in [6.07, 6.45) is 0. The summed E-state index contributed by atoms with van der Waals surface area (Å²) in [7, 11) is 0. The van der Waals surface area contributed by atoms with Crippen LogP contribution in [0.2, 0.25) is 0 Å². The molecule has 0 aromatic heterocycles. The molecule has 1 atom stereocenters. The van der Waals surface area contributed by atoms with E-state index in [1.165, 1.54) is 0 Å². The van der Waals surface area contributed by atoms with Crippen LogP contribution in [0, 0.1) is 0 Å². The maximum Gasteiger partial charge on any atom is 0.244 e. The number of phenolic OH excluding ortho intramolecular Hbond substituents is 1. The molecule has 0 unspecified atom stereocenters. The second kappa shape index (κ2) is 8.23. The molecule has 3 rings (SSSR count). The summed E-state index contributed by atoms with van der Waals surface area (Å²) < 4.78 is 0. The van der Waals surface area contributed by atoms with Crippen molar-refractivity contribution in [3.8, 4) is 5.75 Å². The standard InChI is InChI=1S/C21H27N3O2/c1-3-24(19-7-5-4-6-8-19)21(26)17(2)22-13-15-23(16-14-22)18-9-11-20(25)12-10-18/h4-12,17,25H,3,13-16H2,1-2H3/t17-/m1/s1. The number of amides is 1. The second-order valence-electron chi connectivity index (χ2n) is 6.63. The Morgan fingerprint density at radius 1 is 1.04 bits per heavy atom. The van der Waals surface area contributed by atoms with Crippen molar-refractivity contribution in [3.05, 3.63) is 54.6 Å². The predicted octanol–water partition coefficient (Wildman–Crippen LogP) is 2.96. The average molecular weight is 353 g/mol. The van der Waals surface area contributed by atoms with Gasteiger partial charge in [0.25, 0.3) is 0 Å². The Kier molecular flexibility index (Phi) is 5.78. The largest absolute Gasteiger partial charge is 0.508 e. The van der Waals surface area contributed by atoms with Crippen LogP contribution in [-0.2, 0) is 4.79 Å². The fourth-order valence-electron chi connectivity index (χ4n) is 3.49. The highest BCUT2D eigenvalue weighted by Gasteiger charge is 2.28. The Bertz CT molecular complexity index is 710. The Hall–Kier alpha value is -2.53. The van der Waals surface area contributed by atoms with Gasteiger partial charge in [0.05, 0.1) is 6.04 Å². The lowest BCUT2D eigenvalue weighted by Gasteiger charge is -2.39. The second-order valence-corrected chi connectivity index (χ2v) is 6.63. The number of piperazine rings is 1. The van der Waals surface area contributed by atoms with E-state index in [0.29, 0.717) is 6.54 Å². The number of hydrogen-bond donors (Lipinski definition) is 1. The van der Waals surface area contributed by atoms with E-state index in [-0.39, 0.29) is 17.7 Å². The monoisotopic (exact) mass is 353 g/mol. The van der Waals surface area contributed by atoms with Gasteiger partial charge in [-0.05, 0) is 50.2 Å². The summed E-state index contributed by atoms with van der Waals surface area (Å²) in [6, 6.07) is 17.0. The van der Waals surface area contributed by atoms with Crippen molar-refractivity contribution in [2.45, 2.75) is 19.9 Å². The average Bonchev–Trinajstić information content (AvgIpc) is 2.69. The Morgan fingerprint density at radius 2 is 1.65 bits per heavy atom. The molecule has 1 amide bonds. The summed E-state index contributed by atoms with van der Waals surface area (Å²) in [5.74, 6) is 0.434. The molecular weight excluding hydrogens is 326 g/mol. The highest BCUT2D eigenvalue weighted by atomic mass is 16.3. The summed E-state index contributed by atoms with van der Waals surface area (Å²) in [4.78, 5) is 19.4. The van der Waals surface area contributed by atoms with E-state index in [0.717, 1.165) is 37.6 Å². The van der Waals surface area contributed by atoms with Crippen molar-refractivity contribution >= 4 is 17.3 Å². The van der Waals surface area contributed by atoms with Crippen molar-refractivity contribution in [1.29, 1.82) is 0 Å². The van der Waals surface area contributed by atoms with E-state index in [9.17, 15) is 9.90 Å². The first-order valence-corrected chi connectivity index (χ1v) is 9.24. The molecule has 26 heavy (non-hydrogen) atoms. The number of nitrogens with zero attached hydrogens (tertiary/aromatic N) is 3. The van der Waals surface area contributed by atoms with Gasteiger partial charge in [-0.15, -0.1) is 0 Å². The zero-order valence-corrected chi connectivity index (χ0v) is 15.5. The first-order chi connectivity index (χ1) is 12.6. The zero-order chi connectivity index (χ0) is 18.5. The molecule has 0 saturated carbocycles. The number of carbonyl (C=O) groups is 1. The molecule has 5 heteroatoms. The molecular formula is C21H27N3O2. The number of rotatable bonds is 5. The number of benzene rings is 2. The third kappa shape index (κ3) is 3.99. The molecule has 0 bridgehead atoms. The van der Waals surface area contributed by atoms with Gasteiger partial charge in [0, 0.05) is 44.1 Å². The lowest BCUT2D eigenvalue weighted by Crippen LogP contribution is -2.54. The maximum atomic E-state index is 13.0. The molecule has 0 spiro atoms. The fourth-order valence-corrected chi connectivity index (χ4v) is 3.49. The molecule has 0 radical (unpaired) electrons. The van der Waals surface area contributed by atoms with Gasteiger partial charge in [-0.25, -0.2) is 0 Å². The molecule has 0 aliphatic carbocycles. The number of para-hydroxylation sites is 1. The topological polar surface area (TPSA) is 47.0 Å². The molecule has 1 N–H and O–H groups in total. The van der Waals surface area contributed by atoms with E-state index in [4.69, 9.17) is 0 Å². The van der Waals surface area contributed by atoms with Crippen molar-refractivity contribution in [2.24, 2.45) is 0 Å². The smallest absolute Gasteiger partial charge is 0.244 e. The molecule has 138 valence electrons. The van der Waals surface area contributed by atoms with Gasteiger partial charge in [0.1, 0.15) is 5.75 Å². The van der Waals surface area contributed by atoms with Gasteiger partial charge >= 0.3 is 0 Å². The van der Waals surface area contributed by atoms with Crippen LogP contribution in [0.15, 0.2) is 54.6 Å². The van der Waals surface area contributed by atoms with Gasteiger partial charge in [-0.1, -0.05) is 18.2 Å². The van der Waals surface area contributed by atoms with Gasteiger partial charge in [-0.3, -0.25) is 9.69 Å². The quantitative estimate of drug-likeness (QED) is 0.898. The lowest BCUT2D eigenvalue weighted by molar-refractivity contribution is -0.123. The van der Waals surface area contributed by atoms with Crippen LogP contribution < -0.4 is 9.80 Å². The number of phenols is 1. The first-order valence-electron chi connectivity index (χ1n) is 9.24. The summed E-state index contributed by atoms with van der Waals surface area (Å²) in [5, 5.41) is 9.43. The third-order valence-corrected chi connectivity index (χ3v) is 5.08. The van der Waals surface area contributed by atoms with Gasteiger partial charge < -0.3 is 14.9 Å². The molecule has 1 aliphatic heterocycles. The van der Waals surface area contributed by atoms with Crippen LogP contribution in [0.3, 0.4) is 0 Å². The maximum absolute atomic E-state index is 13.0. The van der Waals surface area contributed by atoms with Crippen molar-refractivity contribution in [1.82, 2.24) is 4.90 Å². The molecule has 5 nitrogen and oxygen atoms in total. The number of aromatic hydroxyl groups is 1. The Labute approximate surface area is 155 Å². The van der Waals surface area contributed by atoms with E-state index >= 15 is 0 Å². The van der Waals surface area contributed by atoms with Crippen molar-refractivity contribution < 1.29 is 9.90 Å². The summed E-state index contributed by atoms with van der Waals surface area (Å²) >= 11 is 0.